The highest BCUT2D eigenvalue weighted by atomic mass is 16.8. The van der Waals surface area contributed by atoms with Gasteiger partial charge >= 0.3 is 0 Å². The summed E-state index contributed by atoms with van der Waals surface area (Å²) in [7, 11) is 0. The van der Waals surface area contributed by atoms with Crippen LogP contribution in [-0.2, 0) is 9.47 Å². The van der Waals surface area contributed by atoms with Gasteiger partial charge in [0.1, 0.15) is 6.10 Å². The summed E-state index contributed by atoms with van der Waals surface area (Å²) in [5, 5.41) is 9.74. The molecular formula is C9H14O3. The van der Waals surface area contributed by atoms with Crippen LogP contribution < -0.4 is 0 Å². The summed E-state index contributed by atoms with van der Waals surface area (Å²) in [6.07, 6.45) is 0.965. The van der Waals surface area contributed by atoms with Crippen molar-refractivity contribution in [2.75, 3.05) is 0 Å². The van der Waals surface area contributed by atoms with E-state index in [1.807, 2.05) is 13.8 Å². The lowest BCUT2D eigenvalue weighted by molar-refractivity contribution is -0.162. The van der Waals surface area contributed by atoms with Crippen LogP contribution >= 0.6 is 0 Å². The Morgan fingerprint density at radius 3 is 2.50 bits per heavy atom. The molecule has 3 nitrogen and oxygen atoms in total. The van der Waals surface area contributed by atoms with Gasteiger partial charge in [-0.3, -0.25) is 0 Å². The summed E-state index contributed by atoms with van der Waals surface area (Å²) in [5.41, 5.74) is 0. The van der Waals surface area contributed by atoms with Crippen LogP contribution in [0.15, 0.2) is 0 Å². The molecular weight excluding hydrogens is 156 g/mol. The van der Waals surface area contributed by atoms with Gasteiger partial charge in [0.25, 0.3) is 0 Å². The molecule has 12 heavy (non-hydrogen) atoms. The zero-order valence-corrected chi connectivity index (χ0v) is 7.36. The van der Waals surface area contributed by atoms with Crippen molar-refractivity contribution in [2.24, 2.45) is 11.8 Å². The van der Waals surface area contributed by atoms with E-state index in [2.05, 4.69) is 0 Å². The fourth-order valence-electron chi connectivity index (χ4n) is 2.66. The van der Waals surface area contributed by atoms with E-state index >= 15 is 0 Å². The van der Waals surface area contributed by atoms with E-state index < -0.39 is 5.79 Å². The summed E-state index contributed by atoms with van der Waals surface area (Å²) < 4.78 is 11.3. The molecule has 0 spiro atoms. The summed E-state index contributed by atoms with van der Waals surface area (Å²) >= 11 is 0. The smallest absolute Gasteiger partial charge is 0.163 e. The topological polar surface area (TPSA) is 38.7 Å². The predicted octanol–water partition coefficient (Wildman–Crippen LogP) is 0.517. The molecule has 5 atom stereocenters. The second kappa shape index (κ2) is 1.86. The second-order valence-corrected chi connectivity index (χ2v) is 4.62. The van der Waals surface area contributed by atoms with Gasteiger partial charge in [0.05, 0.1) is 12.2 Å². The predicted molar refractivity (Wildman–Crippen MR) is 41.4 cm³/mol. The third-order valence-corrected chi connectivity index (χ3v) is 3.25. The zero-order chi connectivity index (χ0) is 8.51. The van der Waals surface area contributed by atoms with Crippen LogP contribution in [0, 0.1) is 11.8 Å². The van der Waals surface area contributed by atoms with Crippen LogP contribution in [0.2, 0.25) is 0 Å². The van der Waals surface area contributed by atoms with Gasteiger partial charge < -0.3 is 14.6 Å². The van der Waals surface area contributed by atoms with Crippen LogP contribution in [0.3, 0.4) is 0 Å². The summed E-state index contributed by atoms with van der Waals surface area (Å²) in [5.74, 6) is 0.562. The maximum absolute atomic E-state index is 9.74. The fraction of sp³-hybridized carbons (Fsp3) is 1.00. The molecule has 0 aromatic rings. The van der Waals surface area contributed by atoms with Crippen molar-refractivity contribution in [3.8, 4) is 0 Å². The quantitative estimate of drug-likeness (QED) is 0.576. The van der Waals surface area contributed by atoms with Gasteiger partial charge in [-0.15, -0.1) is 0 Å². The van der Waals surface area contributed by atoms with Crippen molar-refractivity contribution in [1.82, 2.24) is 0 Å². The maximum atomic E-state index is 9.74. The Bertz CT molecular complexity index is 218. The Labute approximate surface area is 71.7 Å². The van der Waals surface area contributed by atoms with Gasteiger partial charge in [0, 0.05) is 0 Å². The van der Waals surface area contributed by atoms with Gasteiger partial charge in [-0.2, -0.15) is 0 Å². The molecule has 1 aliphatic heterocycles. The van der Waals surface area contributed by atoms with Gasteiger partial charge in [-0.25, -0.2) is 0 Å². The Balaban J connectivity index is 1.86. The minimum Gasteiger partial charge on any atom is -0.390 e. The molecule has 0 radical (unpaired) electrons. The molecule has 68 valence electrons. The van der Waals surface area contributed by atoms with Gasteiger partial charge in [0.15, 0.2) is 5.79 Å². The Kier molecular flexibility index (Phi) is 1.13. The Morgan fingerprint density at radius 1 is 1.17 bits per heavy atom. The molecule has 3 rings (SSSR count). The van der Waals surface area contributed by atoms with E-state index in [9.17, 15) is 5.11 Å². The first-order chi connectivity index (χ1) is 5.58. The third kappa shape index (κ3) is 0.767. The van der Waals surface area contributed by atoms with Crippen molar-refractivity contribution in [3.05, 3.63) is 0 Å². The largest absolute Gasteiger partial charge is 0.390 e. The third-order valence-electron chi connectivity index (χ3n) is 3.25. The molecule has 0 aromatic carbocycles. The zero-order valence-electron chi connectivity index (χ0n) is 7.36. The second-order valence-electron chi connectivity index (χ2n) is 4.62. The first-order valence-electron chi connectivity index (χ1n) is 4.62. The van der Waals surface area contributed by atoms with Crippen LogP contribution in [0.25, 0.3) is 0 Å². The Morgan fingerprint density at radius 2 is 1.83 bits per heavy atom. The Hall–Kier alpha value is -0.120. The summed E-state index contributed by atoms with van der Waals surface area (Å²) in [6.45, 7) is 3.82. The number of aliphatic hydroxyl groups is 1. The van der Waals surface area contributed by atoms with Crippen molar-refractivity contribution < 1.29 is 14.6 Å². The fourth-order valence-corrected chi connectivity index (χ4v) is 2.66. The minimum atomic E-state index is -0.482. The lowest BCUT2D eigenvalue weighted by atomic mass is 10.1. The number of aliphatic hydroxyl groups excluding tert-OH is 1. The molecule has 0 aromatic heterocycles. The highest BCUT2D eigenvalue weighted by Crippen LogP contribution is 2.57. The standard InChI is InChI=1S/C9H14O3/c1-9(2)11-7-5-3-4(5)6(10)8(7)12-9/h4-8,10H,3H2,1-2H3/t4-,5?,6-,7+,8-/m0/s1. The number of ether oxygens (including phenoxy) is 2. The van der Waals surface area contributed by atoms with Crippen molar-refractivity contribution in [3.63, 3.8) is 0 Å². The monoisotopic (exact) mass is 170 g/mol. The average molecular weight is 170 g/mol. The molecule has 3 aliphatic rings. The number of rotatable bonds is 0. The number of fused-ring (bicyclic) bond motifs is 3. The lowest BCUT2D eigenvalue weighted by Gasteiger charge is -2.19. The van der Waals surface area contributed by atoms with Crippen LogP contribution in [0.5, 0.6) is 0 Å². The van der Waals surface area contributed by atoms with Crippen molar-refractivity contribution in [1.29, 1.82) is 0 Å². The lowest BCUT2D eigenvalue weighted by Crippen LogP contribution is -2.31. The average Bonchev–Trinajstić information content (AvgIpc) is 2.62. The van der Waals surface area contributed by atoms with Gasteiger partial charge in [-0.05, 0) is 32.1 Å². The van der Waals surface area contributed by atoms with E-state index in [0.29, 0.717) is 11.8 Å². The molecule has 0 bridgehead atoms. The van der Waals surface area contributed by atoms with Gasteiger partial charge in [0.2, 0.25) is 0 Å². The minimum absolute atomic E-state index is 0.0521. The molecule has 0 amide bonds. The van der Waals surface area contributed by atoms with E-state index in [4.69, 9.17) is 9.47 Å². The highest BCUT2D eigenvalue weighted by Gasteiger charge is 2.65. The van der Waals surface area contributed by atoms with Crippen LogP contribution in [-0.4, -0.2) is 29.2 Å². The molecule has 1 heterocycles. The molecule has 1 unspecified atom stereocenters. The molecule has 1 saturated heterocycles. The molecule has 2 aliphatic carbocycles. The van der Waals surface area contributed by atoms with Crippen molar-refractivity contribution in [2.45, 2.75) is 44.4 Å². The van der Waals surface area contributed by atoms with E-state index in [0.717, 1.165) is 6.42 Å². The van der Waals surface area contributed by atoms with Gasteiger partial charge in [-0.1, -0.05) is 0 Å². The first-order valence-corrected chi connectivity index (χ1v) is 4.62. The van der Waals surface area contributed by atoms with E-state index in [1.54, 1.807) is 0 Å². The highest BCUT2D eigenvalue weighted by molar-refractivity contribution is 5.12. The first kappa shape index (κ1) is 7.30. The van der Waals surface area contributed by atoms with E-state index in [-0.39, 0.29) is 18.3 Å². The van der Waals surface area contributed by atoms with Crippen molar-refractivity contribution >= 4 is 0 Å². The molecule has 3 heteroatoms. The normalized spacial score (nSPS) is 59.8. The molecule has 3 fully saturated rings. The number of hydrogen-bond donors (Lipinski definition) is 1. The maximum Gasteiger partial charge on any atom is 0.163 e. The molecule has 2 saturated carbocycles. The summed E-state index contributed by atoms with van der Waals surface area (Å²) in [6, 6.07) is 0. The van der Waals surface area contributed by atoms with Crippen LogP contribution in [0.4, 0.5) is 0 Å². The van der Waals surface area contributed by atoms with E-state index in [1.165, 1.54) is 0 Å². The summed E-state index contributed by atoms with van der Waals surface area (Å²) in [4.78, 5) is 0. The van der Waals surface area contributed by atoms with Crippen LogP contribution in [0.1, 0.15) is 20.3 Å². The SMILES string of the molecule is CC1(C)O[C@H]2[C@@H](O)[C@H]3CC3[C@H]2O1. The molecule has 1 N–H and O–H groups in total. The number of hydrogen-bond acceptors (Lipinski definition) is 3.